The highest BCUT2D eigenvalue weighted by Gasteiger charge is 2.23. The van der Waals surface area contributed by atoms with Gasteiger partial charge in [-0.05, 0) is 13.5 Å². The summed E-state index contributed by atoms with van der Waals surface area (Å²) in [6.45, 7) is 7.45. The van der Waals surface area contributed by atoms with Gasteiger partial charge in [0.15, 0.2) is 5.82 Å². The second kappa shape index (κ2) is 4.71. The van der Waals surface area contributed by atoms with Crippen molar-refractivity contribution in [3.63, 3.8) is 0 Å². The van der Waals surface area contributed by atoms with Gasteiger partial charge in [-0.3, -0.25) is 4.90 Å². The van der Waals surface area contributed by atoms with Crippen LogP contribution in [0.2, 0.25) is 0 Å². The van der Waals surface area contributed by atoms with Gasteiger partial charge in [0.05, 0.1) is 6.61 Å². The third-order valence-corrected chi connectivity index (χ3v) is 2.67. The Morgan fingerprint density at radius 2 is 2.25 bits per heavy atom. The molecule has 1 aliphatic heterocycles. The van der Waals surface area contributed by atoms with Crippen LogP contribution in [-0.2, 0) is 4.74 Å². The molecule has 0 amide bonds. The van der Waals surface area contributed by atoms with E-state index in [-0.39, 0.29) is 12.1 Å². The van der Waals surface area contributed by atoms with E-state index in [9.17, 15) is 0 Å². The van der Waals surface area contributed by atoms with E-state index in [2.05, 4.69) is 26.8 Å². The molecule has 0 saturated carbocycles. The van der Waals surface area contributed by atoms with Crippen LogP contribution in [0.15, 0.2) is 0 Å². The second-order valence-corrected chi connectivity index (χ2v) is 3.85. The number of nitrogens with two attached hydrogens (primary N) is 1. The minimum Gasteiger partial charge on any atom is -0.368 e. The van der Waals surface area contributed by atoms with Crippen molar-refractivity contribution >= 4 is 5.95 Å². The van der Waals surface area contributed by atoms with Crippen molar-refractivity contribution in [2.45, 2.75) is 20.0 Å². The lowest BCUT2D eigenvalue weighted by Crippen LogP contribution is -2.38. The Balaban J connectivity index is 2.16. The fourth-order valence-electron chi connectivity index (χ4n) is 1.81. The number of aryl methyl sites for hydroxylation is 1. The molecule has 6 heteroatoms. The van der Waals surface area contributed by atoms with Gasteiger partial charge in [0.1, 0.15) is 11.9 Å². The molecule has 2 N–H and O–H groups in total. The number of aromatic nitrogens is 3. The third-order valence-electron chi connectivity index (χ3n) is 2.67. The molecule has 1 aromatic heterocycles. The molecule has 1 aliphatic rings. The highest BCUT2D eigenvalue weighted by molar-refractivity contribution is 5.16. The molecular formula is C10H17N5O. The van der Waals surface area contributed by atoms with Crippen LogP contribution in [0.5, 0.6) is 0 Å². The lowest BCUT2D eigenvalue weighted by molar-refractivity contribution is -0.0326. The molecule has 1 atom stereocenters. The van der Waals surface area contributed by atoms with E-state index >= 15 is 0 Å². The van der Waals surface area contributed by atoms with Crippen LogP contribution >= 0.6 is 0 Å². The van der Waals surface area contributed by atoms with Gasteiger partial charge >= 0.3 is 0 Å². The molecule has 88 valence electrons. The SMILES string of the molecule is CCN1CCOC(c2nc(C)nc(N)n2)C1. The van der Waals surface area contributed by atoms with Crippen LogP contribution in [0.1, 0.15) is 24.7 Å². The normalized spacial score (nSPS) is 22.2. The molecule has 1 aromatic rings. The van der Waals surface area contributed by atoms with Gasteiger partial charge < -0.3 is 10.5 Å². The Bertz CT molecular complexity index is 350. The molecule has 1 saturated heterocycles. The summed E-state index contributed by atoms with van der Waals surface area (Å²) in [7, 11) is 0. The first-order valence-corrected chi connectivity index (χ1v) is 5.51. The predicted molar refractivity (Wildman–Crippen MR) is 59.8 cm³/mol. The molecule has 2 rings (SSSR count). The summed E-state index contributed by atoms with van der Waals surface area (Å²) >= 11 is 0. The van der Waals surface area contributed by atoms with Gasteiger partial charge in [0.25, 0.3) is 0 Å². The van der Waals surface area contributed by atoms with E-state index in [1.165, 1.54) is 0 Å². The van der Waals surface area contributed by atoms with E-state index < -0.39 is 0 Å². The topological polar surface area (TPSA) is 77.2 Å². The lowest BCUT2D eigenvalue weighted by atomic mass is 10.2. The fraction of sp³-hybridized carbons (Fsp3) is 0.700. The summed E-state index contributed by atoms with van der Waals surface area (Å²) in [5, 5.41) is 0. The van der Waals surface area contributed by atoms with E-state index in [0.717, 1.165) is 19.6 Å². The molecular weight excluding hydrogens is 206 g/mol. The molecule has 0 aromatic carbocycles. The number of hydrogen-bond acceptors (Lipinski definition) is 6. The zero-order valence-corrected chi connectivity index (χ0v) is 9.68. The van der Waals surface area contributed by atoms with Crippen LogP contribution in [-0.4, -0.2) is 46.1 Å². The molecule has 0 radical (unpaired) electrons. The first-order chi connectivity index (χ1) is 7.69. The van der Waals surface area contributed by atoms with E-state index in [1.54, 1.807) is 0 Å². The van der Waals surface area contributed by atoms with Crippen molar-refractivity contribution in [2.24, 2.45) is 0 Å². The summed E-state index contributed by atoms with van der Waals surface area (Å²) in [5.74, 6) is 1.54. The maximum Gasteiger partial charge on any atom is 0.223 e. The van der Waals surface area contributed by atoms with Crippen molar-refractivity contribution in [2.75, 3.05) is 32.0 Å². The summed E-state index contributed by atoms with van der Waals surface area (Å²) in [6.07, 6.45) is -0.0855. The van der Waals surface area contributed by atoms with E-state index in [4.69, 9.17) is 10.5 Å². The standard InChI is InChI=1S/C10H17N5O/c1-3-15-4-5-16-8(6-15)9-12-7(2)13-10(11)14-9/h8H,3-6H2,1-2H3,(H2,11,12,13,14). The van der Waals surface area contributed by atoms with Crippen molar-refractivity contribution in [1.29, 1.82) is 0 Å². The Morgan fingerprint density at radius 1 is 1.44 bits per heavy atom. The first-order valence-electron chi connectivity index (χ1n) is 5.51. The van der Waals surface area contributed by atoms with Gasteiger partial charge in [-0.1, -0.05) is 6.92 Å². The van der Waals surface area contributed by atoms with Gasteiger partial charge in [-0.25, -0.2) is 4.98 Å². The Kier molecular flexibility index (Phi) is 3.31. The molecule has 1 fully saturated rings. The van der Waals surface area contributed by atoms with Gasteiger partial charge in [-0.2, -0.15) is 9.97 Å². The molecule has 2 heterocycles. The minimum atomic E-state index is -0.0855. The number of nitrogens with zero attached hydrogens (tertiary/aromatic N) is 4. The smallest absolute Gasteiger partial charge is 0.223 e. The van der Waals surface area contributed by atoms with Crippen molar-refractivity contribution in [1.82, 2.24) is 19.9 Å². The summed E-state index contributed by atoms with van der Waals surface area (Å²) in [5.41, 5.74) is 5.60. The number of ether oxygens (including phenoxy) is 1. The molecule has 16 heavy (non-hydrogen) atoms. The molecule has 0 aliphatic carbocycles. The van der Waals surface area contributed by atoms with Gasteiger partial charge in [0.2, 0.25) is 5.95 Å². The van der Waals surface area contributed by atoms with E-state index in [1.807, 2.05) is 6.92 Å². The number of rotatable bonds is 2. The molecule has 0 bridgehead atoms. The summed E-state index contributed by atoms with van der Waals surface area (Å²) < 4.78 is 5.66. The molecule has 0 spiro atoms. The maximum atomic E-state index is 5.66. The van der Waals surface area contributed by atoms with Crippen molar-refractivity contribution < 1.29 is 4.74 Å². The lowest BCUT2D eigenvalue weighted by Gasteiger charge is -2.31. The zero-order valence-electron chi connectivity index (χ0n) is 9.68. The monoisotopic (exact) mass is 223 g/mol. The quantitative estimate of drug-likeness (QED) is 0.769. The number of likely N-dealkylation sites (N-methyl/N-ethyl adjacent to an activating group) is 1. The number of hydrogen-bond donors (Lipinski definition) is 1. The average molecular weight is 223 g/mol. The van der Waals surface area contributed by atoms with Crippen molar-refractivity contribution in [3.05, 3.63) is 11.6 Å². The van der Waals surface area contributed by atoms with E-state index in [0.29, 0.717) is 18.3 Å². The Hall–Kier alpha value is -1.27. The van der Waals surface area contributed by atoms with Crippen LogP contribution in [0.4, 0.5) is 5.95 Å². The minimum absolute atomic E-state index is 0.0855. The summed E-state index contributed by atoms with van der Waals surface area (Å²) in [4.78, 5) is 14.7. The maximum absolute atomic E-state index is 5.66. The predicted octanol–water partition coefficient (Wildman–Crippen LogP) is 0.155. The Morgan fingerprint density at radius 3 is 2.94 bits per heavy atom. The molecule has 1 unspecified atom stereocenters. The van der Waals surface area contributed by atoms with Crippen LogP contribution in [0, 0.1) is 6.92 Å². The van der Waals surface area contributed by atoms with Gasteiger partial charge in [0, 0.05) is 13.1 Å². The molecule has 6 nitrogen and oxygen atoms in total. The highest BCUT2D eigenvalue weighted by Crippen LogP contribution is 2.19. The first kappa shape index (κ1) is 11.2. The second-order valence-electron chi connectivity index (χ2n) is 3.85. The van der Waals surface area contributed by atoms with Crippen LogP contribution in [0.3, 0.4) is 0 Å². The Labute approximate surface area is 94.9 Å². The van der Waals surface area contributed by atoms with Crippen LogP contribution in [0.25, 0.3) is 0 Å². The largest absolute Gasteiger partial charge is 0.368 e. The zero-order chi connectivity index (χ0) is 11.5. The van der Waals surface area contributed by atoms with Crippen LogP contribution < -0.4 is 5.73 Å². The number of anilines is 1. The number of morpholine rings is 1. The number of nitrogen functional groups attached to an aromatic ring is 1. The van der Waals surface area contributed by atoms with Gasteiger partial charge in [-0.15, -0.1) is 0 Å². The average Bonchev–Trinajstić information content (AvgIpc) is 2.28. The third kappa shape index (κ3) is 2.45. The fourth-order valence-corrected chi connectivity index (χ4v) is 1.81. The highest BCUT2D eigenvalue weighted by atomic mass is 16.5. The summed E-state index contributed by atoms with van der Waals surface area (Å²) in [6, 6.07) is 0. The van der Waals surface area contributed by atoms with Crippen molar-refractivity contribution in [3.8, 4) is 0 Å².